The molecule has 1 aromatic heterocycles. The van der Waals surface area contributed by atoms with E-state index in [0.29, 0.717) is 12.3 Å². The third kappa shape index (κ3) is 3.17. The zero-order valence-corrected chi connectivity index (χ0v) is 13.2. The zero-order valence-electron chi connectivity index (χ0n) is 12.4. The Hall–Kier alpha value is -1.80. The summed E-state index contributed by atoms with van der Waals surface area (Å²) in [6.07, 6.45) is 3.09. The summed E-state index contributed by atoms with van der Waals surface area (Å²) in [5, 5.41) is 14.1. The van der Waals surface area contributed by atoms with Crippen LogP contribution in [0.2, 0.25) is 0 Å². The monoisotopic (exact) mass is 321 g/mol. The Labute approximate surface area is 129 Å². The Morgan fingerprint density at radius 3 is 2.73 bits per heavy atom. The summed E-state index contributed by atoms with van der Waals surface area (Å²) in [6.45, 7) is 2.55. The molecule has 0 saturated carbocycles. The van der Waals surface area contributed by atoms with Crippen molar-refractivity contribution in [3.63, 3.8) is 0 Å². The highest BCUT2D eigenvalue weighted by molar-refractivity contribution is 7.92. The Balaban J connectivity index is 1.62. The highest BCUT2D eigenvalue weighted by atomic mass is 32.2. The second kappa shape index (κ2) is 6.13. The van der Waals surface area contributed by atoms with Crippen LogP contribution in [0.15, 0.2) is 30.6 Å². The lowest BCUT2D eigenvalue weighted by Gasteiger charge is -2.17. The van der Waals surface area contributed by atoms with E-state index in [9.17, 15) is 8.42 Å². The number of benzene rings is 1. The van der Waals surface area contributed by atoms with Gasteiger partial charge in [-0.25, -0.2) is 13.1 Å². The van der Waals surface area contributed by atoms with Crippen molar-refractivity contribution in [2.45, 2.75) is 31.1 Å². The van der Waals surface area contributed by atoms with Gasteiger partial charge in [0.2, 0.25) is 0 Å². The molecule has 0 unspecified atom stereocenters. The molecule has 0 spiro atoms. The Kier molecular flexibility index (Phi) is 4.21. The first-order chi connectivity index (χ1) is 10.6. The van der Waals surface area contributed by atoms with E-state index in [1.54, 1.807) is 11.0 Å². The highest BCUT2D eigenvalue weighted by Gasteiger charge is 2.31. The Bertz CT molecular complexity index is 712. The summed E-state index contributed by atoms with van der Waals surface area (Å²) in [6, 6.07) is 7.97. The second-order valence-electron chi connectivity index (χ2n) is 5.61. The van der Waals surface area contributed by atoms with Crippen LogP contribution in [0.25, 0.3) is 5.69 Å². The summed E-state index contributed by atoms with van der Waals surface area (Å²) in [7, 11) is -2.89. The first kappa shape index (κ1) is 15.1. The van der Waals surface area contributed by atoms with Crippen molar-refractivity contribution in [2.24, 2.45) is 0 Å². The van der Waals surface area contributed by atoms with Crippen LogP contribution in [0.3, 0.4) is 0 Å². The molecule has 0 amide bonds. The Morgan fingerprint density at radius 2 is 2.14 bits per heavy atom. The van der Waals surface area contributed by atoms with Crippen LogP contribution in [0.5, 0.6) is 0 Å². The van der Waals surface area contributed by atoms with E-state index >= 15 is 0 Å². The predicted molar refractivity (Wildman–Crippen MR) is 82.4 cm³/mol. The number of aromatic nitrogens is 4. The molecule has 2 heterocycles. The van der Waals surface area contributed by atoms with Crippen molar-refractivity contribution in [3.05, 3.63) is 36.2 Å². The maximum Gasteiger partial charge on any atom is 0.154 e. The van der Waals surface area contributed by atoms with Crippen LogP contribution in [0, 0.1) is 0 Å². The maximum atomic E-state index is 11.8. The van der Waals surface area contributed by atoms with Gasteiger partial charge in [-0.15, -0.1) is 5.10 Å². The number of tetrazole rings is 1. The number of hydrogen-bond donors (Lipinski definition) is 1. The largest absolute Gasteiger partial charge is 0.309 e. The van der Waals surface area contributed by atoms with Gasteiger partial charge < -0.3 is 5.32 Å². The van der Waals surface area contributed by atoms with E-state index < -0.39 is 9.84 Å². The molecule has 118 valence electrons. The SMILES string of the molecule is C[C@H](NC[C@H]1CCCS1(=O)=O)c1ccc(-n2cnnn2)cc1. The van der Waals surface area contributed by atoms with Gasteiger partial charge in [0.25, 0.3) is 0 Å². The van der Waals surface area contributed by atoms with Crippen molar-refractivity contribution < 1.29 is 8.42 Å². The van der Waals surface area contributed by atoms with Crippen molar-refractivity contribution in [2.75, 3.05) is 12.3 Å². The van der Waals surface area contributed by atoms with Crippen LogP contribution in [0.4, 0.5) is 0 Å². The van der Waals surface area contributed by atoms with E-state index in [1.807, 2.05) is 31.2 Å². The minimum Gasteiger partial charge on any atom is -0.309 e. The molecule has 1 aliphatic rings. The molecule has 22 heavy (non-hydrogen) atoms. The molecule has 1 aliphatic heterocycles. The number of sulfone groups is 1. The van der Waals surface area contributed by atoms with Crippen molar-refractivity contribution in [1.82, 2.24) is 25.5 Å². The van der Waals surface area contributed by atoms with Crippen LogP contribution in [-0.2, 0) is 9.84 Å². The van der Waals surface area contributed by atoms with E-state index in [2.05, 4.69) is 20.8 Å². The molecular weight excluding hydrogens is 302 g/mol. The predicted octanol–water partition coefficient (Wildman–Crippen LogP) is 0.890. The summed E-state index contributed by atoms with van der Waals surface area (Å²) in [4.78, 5) is 0. The minimum absolute atomic E-state index is 0.0960. The first-order valence-corrected chi connectivity index (χ1v) is 9.06. The van der Waals surface area contributed by atoms with Crippen LogP contribution < -0.4 is 5.32 Å². The summed E-state index contributed by atoms with van der Waals surface area (Å²) >= 11 is 0. The summed E-state index contributed by atoms with van der Waals surface area (Å²) in [5.41, 5.74) is 1.99. The third-order valence-corrected chi connectivity index (χ3v) is 6.40. The summed E-state index contributed by atoms with van der Waals surface area (Å²) < 4.78 is 25.2. The quantitative estimate of drug-likeness (QED) is 0.879. The lowest BCUT2D eigenvalue weighted by molar-refractivity contribution is 0.538. The molecule has 0 bridgehead atoms. The van der Waals surface area contributed by atoms with Gasteiger partial charge in [0.05, 0.1) is 16.7 Å². The fourth-order valence-corrected chi connectivity index (χ4v) is 4.49. The van der Waals surface area contributed by atoms with E-state index in [4.69, 9.17) is 0 Å². The van der Waals surface area contributed by atoms with Gasteiger partial charge in [-0.2, -0.15) is 0 Å². The maximum absolute atomic E-state index is 11.8. The smallest absolute Gasteiger partial charge is 0.154 e. The number of rotatable bonds is 5. The third-order valence-electron chi connectivity index (χ3n) is 4.12. The molecule has 1 aromatic carbocycles. The molecule has 1 fully saturated rings. The van der Waals surface area contributed by atoms with Gasteiger partial charge >= 0.3 is 0 Å². The van der Waals surface area contributed by atoms with Gasteiger partial charge in [0.15, 0.2) is 9.84 Å². The van der Waals surface area contributed by atoms with Crippen LogP contribution >= 0.6 is 0 Å². The molecule has 7 nitrogen and oxygen atoms in total. The standard InChI is InChI=1S/C14H19N5O2S/c1-11(15-9-14-3-2-8-22(14,20)21)12-4-6-13(7-5-12)19-10-16-17-18-19/h4-7,10-11,14-15H,2-3,8-9H2,1H3/t11-,14+/m0/s1. The fraction of sp³-hybridized carbons (Fsp3) is 0.500. The minimum atomic E-state index is -2.89. The molecule has 0 aliphatic carbocycles. The first-order valence-electron chi connectivity index (χ1n) is 7.34. The van der Waals surface area contributed by atoms with Gasteiger partial charge in [-0.1, -0.05) is 12.1 Å². The van der Waals surface area contributed by atoms with E-state index in [1.165, 1.54) is 0 Å². The van der Waals surface area contributed by atoms with Crippen molar-refractivity contribution >= 4 is 9.84 Å². The average Bonchev–Trinajstić information content (AvgIpc) is 3.14. The van der Waals surface area contributed by atoms with Gasteiger partial charge in [-0.05, 0) is 47.9 Å². The average molecular weight is 321 g/mol. The molecule has 1 N–H and O–H groups in total. The van der Waals surface area contributed by atoms with Crippen LogP contribution in [0.1, 0.15) is 31.4 Å². The Morgan fingerprint density at radius 1 is 1.36 bits per heavy atom. The number of hydrogen-bond acceptors (Lipinski definition) is 6. The lowest BCUT2D eigenvalue weighted by Crippen LogP contribution is -2.32. The van der Waals surface area contributed by atoms with Gasteiger partial charge in [-0.3, -0.25) is 0 Å². The molecule has 8 heteroatoms. The van der Waals surface area contributed by atoms with Gasteiger partial charge in [0, 0.05) is 12.6 Å². The summed E-state index contributed by atoms with van der Waals surface area (Å²) in [5.74, 6) is 0.328. The zero-order chi connectivity index (χ0) is 15.6. The number of nitrogens with zero attached hydrogens (tertiary/aromatic N) is 4. The normalized spacial score (nSPS) is 21.8. The van der Waals surface area contributed by atoms with Gasteiger partial charge in [0.1, 0.15) is 6.33 Å². The number of nitrogens with one attached hydrogen (secondary N) is 1. The molecule has 0 radical (unpaired) electrons. The van der Waals surface area contributed by atoms with Crippen molar-refractivity contribution in [3.8, 4) is 5.69 Å². The highest BCUT2D eigenvalue weighted by Crippen LogP contribution is 2.21. The molecule has 1 saturated heterocycles. The molecular formula is C14H19N5O2S. The topological polar surface area (TPSA) is 89.8 Å². The molecule has 3 rings (SSSR count). The molecule has 2 aromatic rings. The lowest BCUT2D eigenvalue weighted by atomic mass is 10.1. The molecule has 2 atom stereocenters. The van der Waals surface area contributed by atoms with E-state index in [0.717, 1.165) is 24.1 Å². The fourth-order valence-electron chi connectivity index (χ4n) is 2.71. The second-order valence-corrected chi connectivity index (χ2v) is 8.01. The van der Waals surface area contributed by atoms with Crippen LogP contribution in [-0.4, -0.2) is 46.2 Å². The van der Waals surface area contributed by atoms with Crippen molar-refractivity contribution in [1.29, 1.82) is 0 Å². The van der Waals surface area contributed by atoms with E-state index in [-0.39, 0.29) is 11.3 Å².